The average molecular weight is 689 g/mol. The van der Waals surface area contributed by atoms with E-state index in [1.165, 1.54) is 12.1 Å². The summed E-state index contributed by atoms with van der Waals surface area (Å²) in [6.07, 6.45) is -2.45. The smallest absolute Gasteiger partial charge is 0.431 e. The molecule has 0 fully saturated rings. The van der Waals surface area contributed by atoms with Crippen LogP contribution in [0.3, 0.4) is 0 Å². The van der Waals surface area contributed by atoms with Crippen LogP contribution in [-0.4, -0.2) is 36.0 Å². The topological polar surface area (TPSA) is 124 Å². The van der Waals surface area contributed by atoms with E-state index in [-0.39, 0.29) is 34.1 Å². The van der Waals surface area contributed by atoms with Crippen LogP contribution in [0.4, 0.5) is 18.4 Å². The van der Waals surface area contributed by atoms with E-state index in [4.69, 9.17) is 28.4 Å². The molecule has 1 aliphatic carbocycles. The fourth-order valence-corrected chi connectivity index (χ4v) is 5.28. The van der Waals surface area contributed by atoms with Gasteiger partial charge in [0.1, 0.15) is 40.2 Å². The molecule has 50 heavy (non-hydrogen) atoms. The monoisotopic (exact) mass is 688 g/mol. The minimum Gasteiger partial charge on any atom is -0.431 e. The van der Waals surface area contributed by atoms with Gasteiger partial charge in [0.25, 0.3) is 0 Å². The lowest BCUT2D eigenvalue weighted by molar-refractivity contribution is 0.0205. The Morgan fingerprint density at radius 3 is 1.40 bits per heavy atom. The van der Waals surface area contributed by atoms with Gasteiger partial charge in [0.2, 0.25) is 0 Å². The predicted octanol–water partition coefficient (Wildman–Crippen LogP) is 8.95. The van der Waals surface area contributed by atoms with Gasteiger partial charge in [-0.05, 0) is 105 Å². The molecule has 0 spiro atoms. The maximum Gasteiger partial charge on any atom is 0.514 e. The number of ether oxygens (including phenoxy) is 6. The summed E-state index contributed by atoms with van der Waals surface area (Å²) >= 11 is 0. The number of hydrogen-bond donors (Lipinski definition) is 0. The number of carbonyl (C=O) groups excluding carboxylic acids is 4. The van der Waals surface area contributed by atoms with Crippen molar-refractivity contribution < 1.29 is 56.4 Å². The molecule has 0 heterocycles. The Labute approximate surface area is 286 Å². The van der Waals surface area contributed by atoms with Gasteiger partial charge < -0.3 is 28.4 Å². The lowest BCUT2D eigenvalue weighted by Crippen LogP contribution is -2.26. The molecule has 0 saturated carbocycles. The predicted molar refractivity (Wildman–Crippen MR) is 176 cm³/mol. The van der Waals surface area contributed by atoms with Crippen LogP contribution in [0, 0.1) is 11.6 Å². The van der Waals surface area contributed by atoms with Crippen molar-refractivity contribution in [2.24, 2.45) is 0 Å². The summed E-state index contributed by atoms with van der Waals surface area (Å²) in [6.45, 7) is 12.1. The van der Waals surface area contributed by atoms with Crippen LogP contribution in [-0.2, 0) is 14.9 Å². The van der Waals surface area contributed by atoms with Gasteiger partial charge in [-0.3, -0.25) is 0 Å². The zero-order valence-corrected chi connectivity index (χ0v) is 28.3. The van der Waals surface area contributed by atoms with Gasteiger partial charge in [-0.2, -0.15) is 0 Å². The van der Waals surface area contributed by atoms with Crippen molar-refractivity contribution in [2.75, 3.05) is 0 Å². The van der Waals surface area contributed by atoms with Gasteiger partial charge in [-0.15, -0.1) is 0 Å². The van der Waals surface area contributed by atoms with Gasteiger partial charge in [0.05, 0.1) is 17.2 Å². The van der Waals surface area contributed by atoms with Crippen LogP contribution in [0.15, 0.2) is 72.8 Å². The number of benzene rings is 4. The second kappa shape index (κ2) is 13.6. The number of rotatable bonds is 7. The van der Waals surface area contributed by atoms with Crippen LogP contribution >= 0.6 is 0 Å². The summed E-state index contributed by atoms with van der Waals surface area (Å²) in [6, 6.07) is 16.6. The molecule has 0 aromatic heterocycles. The quantitative estimate of drug-likeness (QED) is 0.106. The summed E-state index contributed by atoms with van der Waals surface area (Å²) in [7, 11) is 0. The first kappa shape index (κ1) is 35.5. The van der Waals surface area contributed by atoms with Crippen molar-refractivity contribution >= 4 is 24.2 Å². The first-order valence-corrected chi connectivity index (χ1v) is 15.5. The minimum atomic E-state index is -1.02. The highest BCUT2D eigenvalue weighted by atomic mass is 19.1. The molecule has 12 heteroatoms. The van der Waals surface area contributed by atoms with Crippen molar-refractivity contribution in [3.63, 3.8) is 0 Å². The molecule has 0 atom stereocenters. The van der Waals surface area contributed by atoms with Gasteiger partial charge in [-0.1, -0.05) is 26.0 Å². The first-order valence-electron chi connectivity index (χ1n) is 15.5. The zero-order chi connectivity index (χ0) is 36.5. The van der Waals surface area contributed by atoms with Crippen LogP contribution in [0.25, 0.3) is 11.1 Å². The van der Waals surface area contributed by atoms with Gasteiger partial charge >= 0.3 is 24.2 Å². The van der Waals surface area contributed by atoms with Crippen molar-refractivity contribution in [2.45, 2.75) is 65.6 Å². The van der Waals surface area contributed by atoms with E-state index in [1.54, 1.807) is 71.0 Å². The Hall–Kier alpha value is -5.78. The van der Waals surface area contributed by atoms with Crippen LogP contribution in [0.2, 0.25) is 0 Å². The number of halogens is 2. The lowest BCUT2D eigenvalue weighted by Gasteiger charge is -2.22. The molecule has 4 aromatic carbocycles. The number of esters is 2. The highest BCUT2D eigenvalue weighted by Crippen LogP contribution is 2.50. The molecule has 0 bridgehead atoms. The molecule has 0 N–H and O–H groups in total. The highest BCUT2D eigenvalue weighted by molar-refractivity contribution is 5.93. The molecule has 4 aromatic rings. The van der Waals surface area contributed by atoms with E-state index in [0.717, 1.165) is 46.5 Å². The van der Waals surface area contributed by atoms with Crippen LogP contribution in [0.1, 0.15) is 80.3 Å². The molecule has 0 unspecified atom stereocenters. The Bertz CT molecular complexity index is 2010. The maximum absolute atomic E-state index is 14.9. The van der Waals surface area contributed by atoms with Crippen LogP contribution in [0.5, 0.6) is 23.0 Å². The molecule has 260 valence electrons. The van der Waals surface area contributed by atoms with Crippen molar-refractivity contribution in [1.29, 1.82) is 0 Å². The maximum atomic E-state index is 14.9. The summed E-state index contributed by atoms with van der Waals surface area (Å²) in [5.41, 5.74) is 1.07. The van der Waals surface area contributed by atoms with E-state index in [2.05, 4.69) is 0 Å². The van der Waals surface area contributed by atoms with E-state index in [9.17, 15) is 28.0 Å². The molecular formula is C38H34F2O10. The van der Waals surface area contributed by atoms with Gasteiger partial charge in [0.15, 0.2) is 0 Å². The second-order valence-corrected chi connectivity index (χ2v) is 13.2. The summed E-state index contributed by atoms with van der Waals surface area (Å²) < 4.78 is 60.5. The minimum absolute atomic E-state index is 0.139. The van der Waals surface area contributed by atoms with Crippen molar-refractivity contribution in [1.82, 2.24) is 0 Å². The Morgan fingerprint density at radius 1 is 0.600 bits per heavy atom. The fourth-order valence-electron chi connectivity index (χ4n) is 5.28. The molecule has 10 nitrogen and oxygen atoms in total. The zero-order valence-electron chi connectivity index (χ0n) is 28.3. The third kappa shape index (κ3) is 7.91. The van der Waals surface area contributed by atoms with Crippen molar-refractivity contribution in [3.05, 3.63) is 107 Å². The second-order valence-electron chi connectivity index (χ2n) is 13.2. The largest absolute Gasteiger partial charge is 0.514 e. The molecule has 5 rings (SSSR count). The lowest BCUT2D eigenvalue weighted by atomic mass is 9.82. The van der Waals surface area contributed by atoms with E-state index < -0.39 is 53.0 Å². The Morgan fingerprint density at radius 2 is 1.00 bits per heavy atom. The number of carbonyl (C=O) groups is 4. The summed E-state index contributed by atoms with van der Waals surface area (Å²) in [4.78, 5) is 49.5. The number of hydrogen-bond acceptors (Lipinski definition) is 10. The standard InChI is InChI=1S/C38H34F2O10/c1-20(2)45-35(43)48-23-10-14-27(31(39)18-23)33(41)46-21-8-12-25-26-13-9-22(17-30(26)38(6,7)29(25)16-21)47-34(42)28-15-11-24(19-32(28)40)49-36(44)50-37(3,4)5/h8-20H,1-7H3. The summed E-state index contributed by atoms with van der Waals surface area (Å²) in [5, 5.41) is 0. The fraction of sp³-hybridized carbons (Fsp3) is 0.263. The normalized spacial score (nSPS) is 12.8. The first-order chi connectivity index (χ1) is 23.4. The van der Waals surface area contributed by atoms with Gasteiger partial charge in [-0.25, -0.2) is 28.0 Å². The summed E-state index contributed by atoms with van der Waals surface area (Å²) in [5.74, 6) is -3.79. The number of fused-ring (bicyclic) bond motifs is 3. The molecular weight excluding hydrogens is 654 g/mol. The van der Waals surface area contributed by atoms with Crippen molar-refractivity contribution in [3.8, 4) is 34.1 Å². The average Bonchev–Trinajstić information content (AvgIpc) is 3.21. The molecule has 0 aliphatic heterocycles. The SMILES string of the molecule is CC(C)OC(=O)Oc1ccc(C(=O)Oc2ccc3c(c2)C(C)(C)c2cc(OC(=O)c4ccc(OC(=O)OC(C)(C)C)cc4F)ccc2-3)c(F)c1. The molecule has 0 saturated heterocycles. The van der Waals surface area contributed by atoms with E-state index in [1.807, 2.05) is 13.8 Å². The third-order valence-corrected chi connectivity index (χ3v) is 7.48. The molecule has 1 aliphatic rings. The van der Waals surface area contributed by atoms with Gasteiger partial charge in [0, 0.05) is 17.5 Å². The van der Waals surface area contributed by atoms with E-state index >= 15 is 0 Å². The Kier molecular flexibility index (Phi) is 9.67. The van der Waals surface area contributed by atoms with Crippen LogP contribution < -0.4 is 18.9 Å². The third-order valence-electron chi connectivity index (χ3n) is 7.48. The molecule has 0 radical (unpaired) electrons. The highest BCUT2D eigenvalue weighted by Gasteiger charge is 2.36. The Balaban J connectivity index is 1.28. The van der Waals surface area contributed by atoms with E-state index in [0.29, 0.717) is 0 Å². The molecule has 0 amide bonds.